The van der Waals surface area contributed by atoms with E-state index in [1.807, 2.05) is 4.90 Å². The maximum absolute atomic E-state index is 11.9. The van der Waals surface area contributed by atoms with E-state index >= 15 is 0 Å². The van der Waals surface area contributed by atoms with E-state index in [9.17, 15) is 4.79 Å². The molecule has 0 aromatic heterocycles. The number of carbonyl (C=O) groups is 1. The highest BCUT2D eigenvalue weighted by Crippen LogP contribution is 2.39. The summed E-state index contributed by atoms with van der Waals surface area (Å²) in [4.78, 5) is 13.8. The lowest BCUT2D eigenvalue weighted by atomic mass is 10.00. The van der Waals surface area contributed by atoms with Gasteiger partial charge in [-0.05, 0) is 25.2 Å². The average molecular weight is 192 g/mol. The molecule has 14 heavy (non-hydrogen) atoms. The van der Waals surface area contributed by atoms with Crippen molar-refractivity contribution in [1.29, 1.82) is 5.26 Å². The third-order valence-electron chi connectivity index (χ3n) is 3.24. The molecule has 0 aromatic rings. The standard InChI is InChI=1S/C11H16N2O/c1-8-3-2-4-13(7-8)11(14)10-5-9(10)6-12/h8-10H,2-5,7H2,1H3/t8-,9?,10?/m1/s1. The first kappa shape index (κ1) is 9.51. The SMILES string of the molecule is C[C@@H]1CCCN(C(=O)C2CC2C#N)C1. The number of carbonyl (C=O) groups excluding carboxylic acids is 1. The van der Waals surface area contributed by atoms with Crippen LogP contribution in [0.2, 0.25) is 0 Å². The van der Waals surface area contributed by atoms with Crippen LogP contribution < -0.4 is 0 Å². The predicted octanol–water partition coefficient (Wildman–Crippen LogP) is 1.40. The third-order valence-corrected chi connectivity index (χ3v) is 3.24. The molecule has 1 saturated carbocycles. The number of piperidine rings is 1. The summed E-state index contributed by atoms with van der Waals surface area (Å²) in [5.41, 5.74) is 0. The molecule has 3 atom stereocenters. The Hall–Kier alpha value is -1.04. The Balaban J connectivity index is 1.89. The van der Waals surface area contributed by atoms with E-state index in [1.165, 1.54) is 6.42 Å². The van der Waals surface area contributed by atoms with Crippen molar-refractivity contribution in [3.63, 3.8) is 0 Å². The molecule has 2 fully saturated rings. The average Bonchev–Trinajstić information content (AvgIpc) is 2.95. The van der Waals surface area contributed by atoms with E-state index in [-0.39, 0.29) is 17.7 Å². The second-order valence-corrected chi connectivity index (χ2v) is 4.61. The minimum atomic E-state index is 0.0136. The van der Waals surface area contributed by atoms with Crippen LogP contribution in [0.1, 0.15) is 26.2 Å². The molecular formula is C11H16N2O. The fraction of sp³-hybridized carbons (Fsp3) is 0.818. The predicted molar refractivity (Wildman–Crippen MR) is 52.2 cm³/mol. The number of rotatable bonds is 1. The molecule has 1 saturated heterocycles. The number of amides is 1. The zero-order valence-electron chi connectivity index (χ0n) is 8.57. The van der Waals surface area contributed by atoms with Crippen LogP contribution in [0, 0.1) is 29.1 Å². The van der Waals surface area contributed by atoms with Crippen molar-refractivity contribution < 1.29 is 4.79 Å². The van der Waals surface area contributed by atoms with E-state index in [4.69, 9.17) is 5.26 Å². The Bertz CT molecular complexity index is 282. The maximum atomic E-state index is 11.9. The molecule has 2 aliphatic rings. The van der Waals surface area contributed by atoms with Crippen molar-refractivity contribution >= 4 is 5.91 Å². The van der Waals surface area contributed by atoms with Crippen molar-refractivity contribution in [3.05, 3.63) is 0 Å². The monoisotopic (exact) mass is 192 g/mol. The van der Waals surface area contributed by atoms with Gasteiger partial charge in [-0.25, -0.2) is 0 Å². The summed E-state index contributed by atoms with van der Waals surface area (Å²) < 4.78 is 0. The molecule has 2 rings (SSSR count). The first-order valence-electron chi connectivity index (χ1n) is 5.40. The molecular weight excluding hydrogens is 176 g/mol. The zero-order chi connectivity index (χ0) is 10.1. The number of nitriles is 1. The second-order valence-electron chi connectivity index (χ2n) is 4.61. The summed E-state index contributed by atoms with van der Waals surface area (Å²) in [7, 11) is 0. The van der Waals surface area contributed by atoms with Crippen LogP contribution in [0.25, 0.3) is 0 Å². The van der Waals surface area contributed by atoms with Crippen molar-refractivity contribution in [3.8, 4) is 6.07 Å². The van der Waals surface area contributed by atoms with Crippen LogP contribution in [0.15, 0.2) is 0 Å². The molecule has 0 bridgehead atoms. The molecule has 0 radical (unpaired) electrons. The van der Waals surface area contributed by atoms with Crippen LogP contribution in [-0.2, 0) is 4.79 Å². The number of hydrogen-bond donors (Lipinski definition) is 0. The second kappa shape index (κ2) is 3.61. The van der Waals surface area contributed by atoms with Gasteiger partial charge in [0, 0.05) is 13.1 Å². The van der Waals surface area contributed by atoms with Crippen LogP contribution >= 0.6 is 0 Å². The molecule has 3 heteroatoms. The van der Waals surface area contributed by atoms with Gasteiger partial charge in [0.05, 0.1) is 17.9 Å². The first-order chi connectivity index (χ1) is 6.72. The molecule has 1 amide bonds. The molecule has 2 unspecified atom stereocenters. The molecule has 1 aliphatic carbocycles. The first-order valence-corrected chi connectivity index (χ1v) is 5.40. The lowest BCUT2D eigenvalue weighted by Crippen LogP contribution is -2.40. The van der Waals surface area contributed by atoms with Gasteiger partial charge in [-0.15, -0.1) is 0 Å². The largest absolute Gasteiger partial charge is 0.342 e. The Labute approximate surface area is 84.7 Å². The lowest BCUT2D eigenvalue weighted by molar-refractivity contribution is -0.134. The Morgan fingerprint density at radius 1 is 1.57 bits per heavy atom. The van der Waals surface area contributed by atoms with E-state index in [1.54, 1.807) is 0 Å². The third kappa shape index (κ3) is 1.75. The molecule has 3 nitrogen and oxygen atoms in total. The van der Waals surface area contributed by atoms with Crippen LogP contribution in [0.5, 0.6) is 0 Å². The van der Waals surface area contributed by atoms with Gasteiger partial charge in [0.2, 0.25) is 5.91 Å². The summed E-state index contributed by atoms with van der Waals surface area (Å²) in [6.45, 7) is 3.99. The van der Waals surface area contributed by atoms with Gasteiger partial charge < -0.3 is 4.90 Å². The highest BCUT2D eigenvalue weighted by Gasteiger charge is 2.45. The smallest absolute Gasteiger partial charge is 0.227 e. The van der Waals surface area contributed by atoms with Crippen LogP contribution in [0.3, 0.4) is 0 Å². The van der Waals surface area contributed by atoms with Gasteiger partial charge in [0.1, 0.15) is 0 Å². The fourth-order valence-electron chi connectivity index (χ4n) is 2.23. The topological polar surface area (TPSA) is 44.1 Å². The minimum Gasteiger partial charge on any atom is -0.342 e. The fourth-order valence-corrected chi connectivity index (χ4v) is 2.23. The highest BCUT2D eigenvalue weighted by atomic mass is 16.2. The van der Waals surface area contributed by atoms with Gasteiger partial charge in [0.15, 0.2) is 0 Å². The molecule has 0 N–H and O–H groups in total. The normalized spacial score (nSPS) is 36.3. The lowest BCUT2D eigenvalue weighted by Gasteiger charge is -2.31. The van der Waals surface area contributed by atoms with Crippen molar-refractivity contribution in [2.75, 3.05) is 13.1 Å². The summed E-state index contributed by atoms with van der Waals surface area (Å²) in [6, 6.07) is 2.17. The van der Waals surface area contributed by atoms with Crippen molar-refractivity contribution in [2.24, 2.45) is 17.8 Å². The van der Waals surface area contributed by atoms with Crippen LogP contribution in [-0.4, -0.2) is 23.9 Å². The molecule has 1 aliphatic heterocycles. The van der Waals surface area contributed by atoms with Gasteiger partial charge in [-0.3, -0.25) is 4.79 Å². The van der Waals surface area contributed by atoms with Crippen LogP contribution in [0.4, 0.5) is 0 Å². The van der Waals surface area contributed by atoms with E-state index in [0.29, 0.717) is 5.92 Å². The van der Waals surface area contributed by atoms with E-state index in [2.05, 4.69) is 13.0 Å². The molecule has 0 spiro atoms. The summed E-state index contributed by atoms with van der Waals surface area (Å²) in [5, 5.41) is 8.65. The molecule has 1 heterocycles. The quantitative estimate of drug-likeness (QED) is 0.630. The van der Waals surface area contributed by atoms with Crippen molar-refractivity contribution in [2.45, 2.75) is 26.2 Å². The van der Waals surface area contributed by atoms with E-state index < -0.39 is 0 Å². The Morgan fingerprint density at radius 3 is 2.93 bits per heavy atom. The van der Waals surface area contributed by atoms with Crippen molar-refractivity contribution in [1.82, 2.24) is 4.90 Å². The summed E-state index contributed by atoms with van der Waals surface area (Å²) in [6.07, 6.45) is 3.15. The molecule has 76 valence electrons. The Kier molecular flexibility index (Phi) is 2.45. The Morgan fingerprint density at radius 2 is 2.36 bits per heavy atom. The van der Waals surface area contributed by atoms with Gasteiger partial charge in [-0.1, -0.05) is 6.92 Å². The summed E-state index contributed by atoms with van der Waals surface area (Å²) >= 11 is 0. The molecule has 0 aromatic carbocycles. The minimum absolute atomic E-state index is 0.0136. The highest BCUT2D eigenvalue weighted by molar-refractivity contribution is 5.82. The zero-order valence-corrected chi connectivity index (χ0v) is 8.57. The number of nitrogens with zero attached hydrogens (tertiary/aromatic N) is 2. The van der Waals surface area contributed by atoms with Gasteiger partial charge in [0.25, 0.3) is 0 Å². The van der Waals surface area contributed by atoms with E-state index in [0.717, 1.165) is 25.9 Å². The maximum Gasteiger partial charge on any atom is 0.227 e. The number of likely N-dealkylation sites (tertiary alicyclic amines) is 1. The van der Waals surface area contributed by atoms with Gasteiger partial charge >= 0.3 is 0 Å². The number of hydrogen-bond acceptors (Lipinski definition) is 2. The summed E-state index contributed by atoms with van der Waals surface area (Å²) in [5.74, 6) is 0.903. The van der Waals surface area contributed by atoms with Gasteiger partial charge in [-0.2, -0.15) is 5.26 Å².